The van der Waals surface area contributed by atoms with Crippen LogP contribution in [0.25, 0.3) is 0 Å². The van der Waals surface area contributed by atoms with Crippen molar-refractivity contribution in [2.75, 3.05) is 42.7 Å². The molecule has 7 nitrogen and oxygen atoms in total. The number of carbonyl (C=O) groups is 1. The highest BCUT2D eigenvalue weighted by Gasteiger charge is 2.25. The van der Waals surface area contributed by atoms with Crippen LogP contribution in [0.3, 0.4) is 0 Å². The number of hydrogen-bond acceptors (Lipinski definition) is 6. The predicted octanol–water partition coefficient (Wildman–Crippen LogP) is 1.87. The number of thioether (sulfide) groups is 1. The molecule has 2 heterocycles. The Balaban J connectivity index is 1.51. The Morgan fingerprint density at radius 1 is 1.15 bits per heavy atom. The van der Waals surface area contributed by atoms with Crippen LogP contribution in [-0.4, -0.2) is 57.6 Å². The van der Waals surface area contributed by atoms with Gasteiger partial charge in [0, 0.05) is 37.3 Å². The van der Waals surface area contributed by atoms with E-state index in [4.69, 9.17) is 5.84 Å². The Hall–Kier alpha value is -2.29. The van der Waals surface area contributed by atoms with Crippen molar-refractivity contribution in [3.05, 3.63) is 35.9 Å². The summed E-state index contributed by atoms with van der Waals surface area (Å²) in [6, 6.07) is 6.45. The fourth-order valence-electron chi connectivity index (χ4n) is 2.97. The number of anilines is 1. The fourth-order valence-corrected chi connectivity index (χ4v) is 3.73. The molecule has 2 N–H and O–H groups in total. The van der Waals surface area contributed by atoms with Gasteiger partial charge in [-0.3, -0.25) is 4.79 Å². The molecule has 27 heavy (non-hydrogen) atoms. The number of rotatable bonds is 4. The van der Waals surface area contributed by atoms with Gasteiger partial charge >= 0.3 is 0 Å². The van der Waals surface area contributed by atoms with Gasteiger partial charge in [-0.2, -0.15) is 0 Å². The van der Waals surface area contributed by atoms with Crippen LogP contribution in [0.2, 0.25) is 0 Å². The number of halogens is 1. The van der Waals surface area contributed by atoms with Gasteiger partial charge in [-0.05, 0) is 24.3 Å². The smallest absolute Gasteiger partial charge is 0.233 e. The maximum absolute atomic E-state index is 13.0. The number of hydrogen-bond donors (Lipinski definition) is 1. The zero-order chi connectivity index (χ0) is 19.6. The Morgan fingerprint density at radius 3 is 2.33 bits per heavy atom. The van der Waals surface area contributed by atoms with Gasteiger partial charge in [0.1, 0.15) is 5.82 Å². The molecule has 1 aromatic carbocycles. The maximum Gasteiger partial charge on any atom is 0.233 e. The van der Waals surface area contributed by atoms with Gasteiger partial charge in [0.15, 0.2) is 5.82 Å². The van der Waals surface area contributed by atoms with Crippen molar-refractivity contribution >= 4 is 23.4 Å². The standard InChI is InChI=1S/C18H25FN6OS/c1-18(2,3)16-21-22-17(25(16)20)27-12-15(26)24-10-8-23(9-11-24)14-6-4-13(19)5-7-14/h4-7H,8-12,20H2,1-3H3. The van der Waals surface area contributed by atoms with E-state index in [0.29, 0.717) is 24.1 Å². The van der Waals surface area contributed by atoms with Crippen LogP contribution in [0.15, 0.2) is 29.4 Å². The summed E-state index contributed by atoms with van der Waals surface area (Å²) in [5, 5.41) is 8.78. The molecule has 1 aromatic heterocycles. The first kappa shape index (κ1) is 19.5. The number of nitrogens with zero attached hydrogens (tertiary/aromatic N) is 5. The second kappa shape index (κ2) is 7.75. The number of nitrogen functional groups attached to an aromatic ring is 1. The first-order chi connectivity index (χ1) is 12.8. The molecular weight excluding hydrogens is 367 g/mol. The monoisotopic (exact) mass is 392 g/mol. The molecule has 3 rings (SSSR count). The molecule has 1 aliphatic rings. The second-order valence-electron chi connectivity index (χ2n) is 7.56. The molecule has 0 radical (unpaired) electrons. The van der Waals surface area contributed by atoms with Gasteiger partial charge in [-0.15, -0.1) is 10.2 Å². The van der Waals surface area contributed by atoms with Crippen LogP contribution in [0.5, 0.6) is 0 Å². The largest absolute Gasteiger partial charge is 0.368 e. The fraction of sp³-hybridized carbons (Fsp3) is 0.500. The highest BCUT2D eigenvalue weighted by atomic mass is 32.2. The third-order valence-corrected chi connectivity index (χ3v) is 5.41. The molecule has 0 spiro atoms. The lowest BCUT2D eigenvalue weighted by Gasteiger charge is -2.36. The second-order valence-corrected chi connectivity index (χ2v) is 8.50. The summed E-state index contributed by atoms with van der Waals surface area (Å²) < 4.78 is 14.5. The Morgan fingerprint density at radius 2 is 1.78 bits per heavy atom. The molecule has 0 saturated carbocycles. The van der Waals surface area contributed by atoms with Crippen molar-refractivity contribution < 1.29 is 9.18 Å². The SMILES string of the molecule is CC(C)(C)c1nnc(SCC(=O)N2CCN(c3ccc(F)cc3)CC2)n1N. The van der Waals surface area contributed by atoms with Crippen molar-refractivity contribution in [2.45, 2.75) is 31.3 Å². The van der Waals surface area contributed by atoms with Gasteiger partial charge in [-0.1, -0.05) is 32.5 Å². The molecule has 9 heteroatoms. The molecule has 0 atom stereocenters. The Bertz CT molecular complexity index is 793. The molecule has 1 amide bonds. The van der Waals surface area contributed by atoms with E-state index in [1.807, 2.05) is 25.7 Å². The van der Waals surface area contributed by atoms with Crippen LogP contribution in [0.4, 0.5) is 10.1 Å². The van der Waals surface area contributed by atoms with E-state index in [0.717, 1.165) is 18.8 Å². The van der Waals surface area contributed by atoms with Crippen LogP contribution in [0, 0.1) is 5.82 Å². The highest BCUT2D eigenvalue weighted by Crippen LogP contribution is 2.23. The van der Waals surface area contributed by atoms with Crippen molar-refractivity contribution in [3.63, 3.8) is 0 Å². The topological polar surface area (TPSA) is 80.3 Å². The molecule has 146 valence electrons. The summed E-state index contributed by atoms with van der Waals surface area (Å²) in [5.41, 5.74) is 0.769. The van der Waals surface area contributed by atoms with Crippen LogP contribution in [-0.2, 0) is 10.2 Å². The van der Waals surface area contributed by atoms with Crippen molar-refractivity contribution in [2.24, 2.45) is 0 Å². The van der Waals surface area contributed by atoms with E-state index in [1.165, 1.54) is 28.6 Å². The molecule has 0 unspecified atom stereocenters. The average Bonchev–Trinajstić information content (AvgIpc) is 3.01. The maximum atomic E-state index is 13.0. The lowest BCUT2D eigenvalue weighted by Crippen LogP contribution is -2.49. The lowest BCUT2D eigenvalue weighted by molar-refractivity contribution is -0.128. The van der Waals surface area contributed by atoms with Gasteiger partial charge in [0.2, 0.25) is 11.1 Å². The Labute approximate surface area is 162 Å². The molecule has 2 aromatic rings. The zero-order valence-corrected chi connectivity index (χ0v) is 16.7. The van der Waals surface area contributed by atoms with Gasteiger partial charge in [0.05, 0.1) is 5.75 Å². The first-order valence-electron chi connectivity index (χ1n) is 8.88. The predicted molar refractivity (Wildman–Crippen MR) is 105 cm³/mol. The third kappa shape index (κ3) is 4.52. The summed E-state index contributed by atoms with van der Waals surface area (Å²) in [4.78, 5) is 16.5. The minimum absolute atomic E-state index is 0.0547. The summed E-state index contributed by atoms with van der Waals surface area (Å²) in [5.74, 6) is 6.83. The number of carbonyl (C=O) groups excluding carboxylic acids is 1. The Kier molecular flexibility index (Phi) is 5.59. The van der Waals surface area contributed by atoms with E-state index in [9.17, 15) is 9.18 Å². The number of amides is 1. The van der Waals surface area contributed by atoms with Gasteiger partial charge in [0.25, 0.3) is 0 Å². The lowest BCUT2D eigenvalue weighted by atomic mass is 9.96. The number of nitrogens with two attached hydrogens (primary N) is 1. The third-order valence-electron chi connectivity index (χ3n) is 4.48. The van der Waals surface area contributed by atoms with Crippen molar-refractivity contribution in [1.29, 1.82) is 0 Å². The minimum atomic E-state index is -0.244. The van der Waals surface area contributed by atoms with E-state index >= 15 is 0 Å². The van der Waals surface area contributed by atoms with E-state index in [2.05, 4.69) is 15.1 Å². The normalized spacial score (nSPS) is 15.3. The van der Waals surface area contributed by atoms with E-state index in [1.54, 1.807) is 12.1 Å². The zero-order valence-electron chi connectivity index (χ0n) is 15.9. The summed E-state index contributed by atoms with van der Waals surface area (Å²) in [6.07, 6.45) is 0. The van der Waals surface area contributed by atoms with Crippen LogP contribution < -0.4 is 10.7 Å². The molecule has 1 saturated heterocycles. The summed E-state index contributed by atoms with van der Waals surface area (Å²) >= 11 is 1.30. The molecule has 0 aliphatic carbocycles. The number of aromatic nitrogens is 3. The van der Waals surface area contributed by atoms with E-state index < -0.39 is 0 Å². The first-order valence-corrected chi connectivity index (χ1v) is 9.86. The van der Waals surface area contributed by atoms with Gasteiger partial charge in [-0.25, -0.2) is 9.07 Å². The van der Waals surface area contributed by atoms with Crippen molar-refractivity contribution in [1.82, 2.24) is 19.8 Å². The molecule has 1 fully saturated rings. The molecule has 1 aliphatic heterocycles. The highest BCUT2D eigenvalue weighted by molar-refractivity contribution is 7.99. The van der Waals surface area contributed by atoms with Gasteiger partial charge < -0.3 is 15.6 Å². The number of piperazine rings is 1. The van der Waals surface area contributed by atoms with Crippen LogP contribution in [0.1, 0.15) is 26.6 Å². The van der Waals surface area contributed by atoms with Crippen LogP contribution >= 0.6 is 11.8 Å². The van der Waals surface area contributed by atoms with E-state index in [-0.39, 0.29) is 22.9 Å². The number of benzene rings is 1. The average molecular weight is 393 g/mol. The minimum Gasteiger partial charge on any atom is -0.368 e. The molecular formula is C18H25FN6OS. The summed E-state index contributed by atoms with van der Waals surface area (Å²) in [6.45, 7) is 8.77. The summed E-state index contributed by atoms with van der Waals surface area (Å²) in [7, 11) is 0. The quantitative estimate of drug-likeness (QED) is 0.632. The van der Waals surface area contributed by atoms with Crippen molar-refractivity contribution in [3.8, 4) is 0 Å². The molecule has 0 bridgehead atoms.